The van der Waals surface area contributed by atoms with E-state index in [4.69, 9.17) is 4.42 Å². The summed E-state index contributed by atoms with van der Waals surface area (Å²) < 4.78 is 5.25. The highest BCUT2D eigenvalue weighted by atomic mass is 16.3. The second-order valence-corrected chi connectivity index (χ2v) is 5.95. The third-order valence-corrected chi connectivity index (χ3v) is 3.76. The van der Waals surface area contributed by atoms with Crippen molar-refractivity contribution in [3.05, 3.63) is 72.1 Å². The lowest BCUT2D eigenvalue weighted by molar-refractivity contribution is 0.102. The molecular formula is C19H20N4O2. The molecule has 128 valence electrons. The highest BCUT2D eigenvalue weighted by Crippen LogP contribution is 2.17. The first-order chi connectivity index (χ1) is 12.1. The summed E-state index contributed by atoms with van der Waals surface area (Å²) in [6.07, 6.45) is 2.97. The Morgan fingerprint density at radius 2 is 1.96 bits per heavy atom. The summed E-state index contributed by atoms with van der Waals surface area (Å²) >= 11 is 0. The Hall–Kier alpha value is -3.15. The van der Waals surface area contributed by atoms with Crippen LogP contribution in [0.3, 0.4) is 0 Å². The average Bonchev–Trinajstić information content (AvgIpc) is 3.14. The lowest BCUT2D eigenvalue weighted by Crippen LogP contribution is -2.14. The predicted octanol–water partition coefficient (Wildman–Crippen LogP) is 4.06. The molecule has 0 aliphatic heterocycles. The van der Waals surface area contributed by atoms with E-state index in [0.717, 1.165) is 11.4 Å². The van der Waals surface area contributed by atoms with Gasteiger partial charge < -0.3 is 15.1 Å². The van der Waals surface area contributed by atoms with Crippen molar-refractivity contribution in [3.63, 3.8) is 0 Å². The van der Waals surface area contributed by atoms with Gasteiger partial charge in [0.05, 0.1) is 12.8 Å². The van der Waals surface area contributed by atoms with E-state index in [2.05, 4.69) is 34.4 Å². The van der Waals surface area contributed by atoms with Crippen LogP contribution in [0.25, 0.3) is 0 Å². The van der Waals surface area contributed by atoms with Crippen molar-refractivity contribution in [2.75, 3.05) is 10.6 Å². The molecule has 2 N–H and O–H groups in total. The fourth-order valence-electron chi connectivity index (χ4n) is 2.32. The van der Waals surface area contributed by atoms with Gasteiger partial charge in [-0.1, -0.05) is 26.0 Å². The van der Waals surface area contributed by atoms with Gasteiger partial charge in [0, 0.05) is 11.8 Å². The van der Waals surface area contributed by atoms with Crippen LogP contribution in [-0.2, 0) is 6.54 Å². The van der Waals surface area contributed by atoms with Gasteiger partial charge >= 0.3 is 0 Å². The Balaban J connectivity index is 1.64. The van der Waals surface area contributed by atoms with E-state index < -0.39 is 0 Å². The number of carbonyl (C=O) groups excluding carboxylic acids is 1. The van der Waals surface area contributed by atoms with E-state index in [1.54, 1.807) is 12.3 Å². The number of hydrogen-bond donors (Lipinski definition) is 2. The number of nitrogens with one attached hydrogen (secondary N) is 2. The monoisotopic (exact) mass is 336 g/mol. The molecule has 6 heteroatoms. The van der Waals surface area contributed by atoms with E-state index in [1.165, 1.54) is 11.9 Å². The van der Waals surface area contributed by atoms with E-state index >= 15 is 0 Å². The molecule has 0 saturated heterocycles. The van der Waals surface area contributed by atoms with E-state index in [-0.39, 0.29) is 5.91 Å². The minimum Gasteiger partial charge on any atom is -0.467 e. The molecule has 2 aromatic heterocycles. The molecule has 0 saturated carbocycles. The molecule has 3 rings (SSSR count). The number of nitrogens with zero attached hydrogens (tertiary/aromatic N) is 2. The van der Waals surface area contributed by atoms with Crippen molar-refractivity contribution in [2.45, 2.75) is 26.3 Å². The summed E-state index contributed by atoms with van der Waals surface area (Å²) in [6.45, 7) is 4.75. The fraction of sp³-hybridized carbons (Fsp3) is 0.211. The summed E-state index contributed by atoms with van der Waals surface area (Å²) in [7, 11) is 0. The van der Waals surface area contributed by atoms with Crippen molar-refractivity contribution in [3.8, 4) is 0 Å². The Labute approximate surface area is 146 Å². The van der Waals surface area contributed by atoms with Crippen molar-refractivity contribution in [1.29, 1.82) is 0 Å². The number of benzene rings is 1. The lowest BCUT2D eigenvalue weighted by atomic mass is 10.0. The van der Waals surface area contributed by atoms with Gasteiger partial charge in [0.1, 0.15) is 23.6 Å². The minimum absolute atomic E-state index is 0.277. The molecule has 0 unspecified atom stereocenters. The van der Waals surface area contributed by atoms with E-state index in [9.17, 15) is 4.79 Å². The zero-order valence-electron chi connectivity index (χ0n) is 14.2. The van der Waals surface area contributed by atoms with Crippen molar-refractivity contribution >= 4 is 17.4 Å². The molecular weight excluding hydrogens is 316 g/mol. The molecule has 3 aromatic rings. The smallest absolute Gasteiger partial charge is 0.274 e. The van der Waals surface area contributed by atoms with Crippen molar-refractivity contribution < 1.29 is 9.21 Å². The quantitative estimate of drug-likeness (QED) is 0.709. The molecule has 1 amide bonds. The van der Waals surface area contributed by atoms with Gasteiger partial charge in [-0.15, -0.1) is 0 Å². The lowest BCUT2D eigenvalue weighted by Gasteiger charge is -2.09. The number of anilines is 2. The van der Waals surface area contributed by atoms with Crippen LogP contribution < -0.4 is 10.6 Å². The van der Waals surface area contributed by atoms with E-state index in [1.807, 2.05) is 36.4 Å². The summed E-state index contributed by atoms with van der Waals surface area (Å²) in [4.78, 5) is 20.5. The van der Waals surface area contributed by atoms with Gasteiger partial charge in [0.25, 0.3) is 5.91 Å². The third-order valence-electron chi connectivity index (χ3n) is 3.76. The highest BCUT2D eigenvalue weighted by molar-refractivity contribution is 6.03. The summed E-state index contributed by atoms with van der Waals surface area (Å²) in [5.74, 6) is 1.52. The SMILES string of the molecule is CC(C)c1ccc(NC(=O)c2cc(NCc3ccco3)ncn2)cc1. The Morgan fingerprint density at radius 1 is 1.16 bits per heavy atom. The molecule has 0 aliphatic carbocycles. The number of carbonyl (C=O) groups is 1. The largest absolute Gasteiger partial charge is 0.467 e. The van der Waals surface area contributed by atoms with Gasteiger partial charge in [-0.05, 0) is 35.7 Å². The van der Waals surface area contributed by atoms with Gasteiger partial charge in [-0.2, -0.15) is 0 Å². The summed E-state index contributed by atoms with van der Waals surface area (Å²) in [5, 5.41) is 5.95. The van der Waals surface area contributed by atoms with Crippen molar-refractivity contribution in [1.82, 2.24) is 9.97 Å². The van der Waals surface area contributed by atoms with Crippen LogP contribution in [0.15, 0.2) is 59.5 Å². The topological polar surface area (TPSA) is 80.0 Å². The fourth-order valence-corrected chi connectivity index (χ4v) is 2.32. The average molecular weight is 336 g/mol. The zero-order chi connectivity index (χ0) is 17.6. The first kappa shape index (κ1) is 16.7. The number of amides is 1. The van der Waals surface area contributed by atoms with Crippen molar-refractivity contribution in [2.24, 2.45) is 0 Å². The number of aromatic nitrogens is 2. The first-order valence-corrected chi connectivity index (χ1v) is 8.11. The molecule has 0 bridgehead atoms. The maximum absolute atomic E-state index is 12.4. The second-order valence-electron chi connectivity index (χ2n) is 5.95. The molecule has 0 radical (unpaired) electrons. The molecule has 6 nitrogen and oxygen atoms in total. The highest BCUT2D eigenvalue weighted by Gasteiger charge is 2.10. The second kappa shape index (κ2) is 7.61. The molecule has 1 aromatic carbocycles. The van der Waals surface area contributed by atoms with Crippen LogP contribution in [0, 0.1) is 0 Å². The van der Waals surface area contributed by atoms with Gasteiger partial charge in [0.2, 0.25) is 0 Å². The van der Waals surface area contributed by atoms with E-state index in [0.29, 0.717) is 24.0 Å². The molecule has 0 aliphatic rings. The first-order valence-electron chi connectivity index (χ1n) is 8.11. The zero-order valence-corrected chi connectivity index (χ0v) is 14.2. The van der Waals surface area contributed by atoms with Gasteiger partial charge in [-0.3, -0.25) is 4.79 Å². The molecule has 25 heavy (non-hydrogen) atoms. The Kier molecular flexibility index (Phi) is 5.09. The molecule has 0 spiro atoms. The van der Waals surface area contributed by atoms with Crippen LogP contribution in [-0.4, -0.2) is 15.9 Å². The number of rotatable bonds is 6. The number of furan rings is 1. The third kappa shape index (κ3) is 4.44. The summed E-state index contributed by atoms with van der Waals surface area (Å²) in [6, 6.07) is 13.1. The minimum atomic E-state index is -0.277. The summed E-state index contributed by atoms with van der Waals surface area (Å²) in [5.41, 5.74) is 2.26. The van der Waals surface area contributed by atoms with Gasteiger partial charge in [0.15, 0.2) is 0 Å². The predicted molar refractivity (Wildman–Crippen MR) is 96.6 cm³/mol. The van der Waals surface area contributed by atoms with Crippen LogP contribution in [0.1, 0.15) is 41.6 Å². The van der Waals surface area contributed by atoms with Gasteiger partial charge in [-0.25, -0.2) is 9.97 Å². The maximum atomic E-state index is 12.4. The van der Waals surface area contributed by atoms with Crippen LogP contribution in [0.4, 0.5) is 11.5 Å². The Bertz CT molecular complexity index is 827. The molecule has 0 atom stereocenters. The molecule has 2 heterocycles. The van der Waals surface area contributed by atoms with Crippen LogP contribution in [0.2, 0.25) is 0 Å². The Morgan fingerprint density at radius 3 is 2.64 bits per heavy atom. The van der Waals surface area contributed by atoms with Crippen LogP contribution >= 0.6 is 0 Å². The number of hydrogen-bond acceptors (Lipinski definition) is 5. The van der Waals surface area contributed by atoms with Crippen LogP contribution in [0.5, 0.6) is 0 Å². The normalized spacial score (nSPS) is 10.7. The molecule has 0 fully saturated rings. The maximum Gasteiger partial charge on any atom is 0.274 e. The standard InChI is InChI=1S/C19H20N4O2/c1-13(2)14-5-7-15(8-6-14)23-19(24)17-10-18(22-12-21-17)20-11-16-4-3-9-25-16/h3-10,12-13H,11H2,1-2H3,(H,23,24)(H,20,21,22).